The molecular formula is C15H17Cl2N3O2S. The molecule has 8 heteroatoms. The Morgan fingerprint density at radius 2 is 1.96 bits per heavy atom. The van der Waals surface area contributed by atoms with Gasteiger partial charge in [0.15, 0.2) is 0 Å². The zero-order valence-corrected chi connectivity index (χ0v) is 14.8. The Balaban J connectivity index is 1.89. The van der Waals surface area contributed by atoms with Gasteiger partial charge in [0.05, 0.1) is 17.6 Å². The lowest BCUT2D eigenvalue weighted by Crippen LogP contribution is -2.14. The van der Waals surface area contributed by atoms with Gasteiger partial charge in [-0.3, -0.25) is 4.72 Å². The molecule has 0 unspecified atom stereocenters. The fourth-order valence-electron chi connectivity index (χ4n) is 1.86. The number of sulfonamides is 1. The normalized spacial score (nSPS) is 11.3. The van der Waals surface area contributed by atoms with E-state index in [9.17, 15) is 8.42 Å². The van der Waals surface area contributed by atoms with Crippen LogP contribution in [0, 0.1) is 0 Å². The van der Waals surface area contributed by atoms with Gasteiger partial charge in [-0.15, -0.1) is 0 Å². The topological polar surface area (TPSA) is 71.1 Å². The number of nitrogens with zero attached hydrogens (tertiary/aromatic N) is 1. The monoisotopic (exact) mass is 373 g/mol. The van der Waals surface area contributed by atoms with Gasteiger partial charge in [0.25, 0.3) is 0 Å². The largest absolute Gasteiger partial charge is 0.370 e. The van der Waals surface area contributed by atoms with E-state index in [1.165, 1.54) is 6.20 Å². The van der Waals surface area contributed by atoms with Crippen molar-refractivity contribution in [2.75, 3.05) is 22.3 Å². The number of aromatic nitrogens is 1. The van der Waals surface area contributed by atoms with Crippen LogP contribution < -0.4 is 10.0 Å². The molecular weight excluding hydrogens is 357 g/mol. The van der Waals surface area contributed by atoms with Crippen molar-refractivity contribution >= 4 is 44.7 Å². The minimum Gasteiger partial charge on any atom is -0.370 e. The molecule has 0 aliphatic carbocycles. The van der Waals surface area contributed by atoms with Crippen LogP contribution in [0.2, 0.25) is 10.0 Å². The maximum absolute atomic E-state index is 11.5. The first-order valence-electron chi connectivity index (χ1n) is 7.04. The first-order chi connectivity index (χ1) is 10.9. The Hall–Kier alpha value is -1.50. The van der Waals surface area contributed by atoms with Gasteiger partial charge in [-0.2, -0.15) is 0 Å². The zero-order chi connectivity index (χ0) is 16.9. The van der Waals surface area contributed by atoms with Gasteiger partial charge in [-0.1, -0.05) is 29.3 Å². The number of halogens is 2. The van der Waals surface area contributed by atoms with Crippen LogP contribution in [-0.4, -0.2) is 25.7 Å². The molecule has 2 rings (SSSR count). The first kappa shape index (κ1) is 17.8. The van der Waals surface area contributed by atoms with E-state index in [-0.39, 0.29) is 5.75 Å². The summed E-state index contributed by atoms with van der Waals surface area (Å²) in [7, 11) is -3.28. The average molecular weight is 374 g/mol. The highest BCUT2D eigenvalue weighted by molar-refractivity contribution is 7.92. The molecule has 5 nitrogen and oxygen atoms in total. The number of benzene rings is 1. The van der Waals surface area contributed by atoms with E-state index in [0.717, 1.165) is 12.0 Å². The third kappa shape index (κ3) is 5.57. The van der Waals surface area contributed by atoms with Crippen LogP contribution in [0.25, 0.3) is 0 Å². The molecule has 0 saturated carbocycles. The highest BCUT2D eigenvalue weighted by atomic mass is 35.5. The molecule has 1 heterocycles. The van der Waals surface area contributed by atoms with Gasteiger partial charge in [0.1, 0.15) is 5.82 Å². The van der Waals surface area contributed by atoms with Crippen molar-refractivity contribution in [2.45, 2.75) is 13.3 Å². The lowest BCUT2D eigenvalue weighted by Gasteiger charge is -2.09. The number of pyridine rings is 1. The average Bonchev–Trinajstić information content (AvgIpc) is 2.51. The molecule has 2 N–H and O–H groups in total. The van der Waals surface area contributed by atoms with E-state index in [1.54, 1.807) is 31.2 Å². The standard InChI is InChI=1S/C15H17Cl2N3O2S/c1-2-23(21,22)20-13-5-6-15(19-10-13)18-8-7-11-3-4-12(16)9-14(11)17/h3-6,9-10,20H,2,7-8H2,1H3,(H,18,19). The molecule has 0 amide bonds. The summed E-state index contributed by atoms with van der Waals surface area (Å²) >= 11 is 12.0. The molecule has 1 aromatic heterocycles. The molecule has 0 atom stereocenters. The molecule has 1 aromatic carbocycles. The Morgan fingerprint density at radius 3 is 2.57 bits per heavy atom. The number of nitrogens with one attached hydrogen (secondary N) is 2. The molecule has 0 spiro atoms. The smallest absolute Gasteiger partial charge is 0.232 e. The van der Waals surface area contributed by atoms with Crippen LogP contribution in [0.1, 0.15) is 12.5 Å². The van der Waals surface area contributed by atoms with Crippen LogP contribution in [-0.2, 0) is 16.4 Å². The summed E-state index contributed by atoms with van der Waals surface area (Å²) in [5.74, 6) is 0.684. The minimum absolute atomic E-state index is 0.0227. The zero-order valence-electron chi connectivity index (χ0n) is 12.5. The van der Waals surface area contributed by atoms with Crippen molar-refractivity contribution in [1.29, 1.82) is 0 Å². The number of anilines is 2. The van der Waals surface area contributed by atoms with E-state index in [4.69, 9.17) is 23.2 Å². The fourth-order valence-corrected chi connectivity index (χ4v) is 2.99. The number of hydrogen-bond acceptors (Lipinski definition) is 4. The quantitative estimate of drug-likeness (QED) is 0.773. The van der Waals surface area contributed by atoms with Gasteiger partial charge in [-0.05, 0) is 43.2 Å². The van der Waals surface area contributed by atoms with Crippen LogP contribution in [0.3, 0.4) is 0 Å². The molecule has 2 aromatic rings. The molecule has 0 radical (unpaired) electrons. The van der Waals surface area contributed by atoms with Crippen LogP contribution in [0.4, 0.5) is 11.5 Å². The predicted octanol–water partition coefficient (Wildman–Crippen LogP) is 3.80. The minimum atomic E-state index is -3.28. The highest BCUT2D eigenvalue weighted by Gasteiger charge is 2.07. The molecule has 124 valence electrons. The Labute approximate surface area is 146 Å². The van der Waals surface area contributed by atoms with E-state index >= 15 is 0 Å². The van der Waals surface area contributed by atoms with Crippen LogP contribution in [0.15, 0.2) is 36.5 Å². The van der Waals surface area contributed by atoms with E-state index in [2.05, 4.69) is 15.0 Å². The summed E-state index contributed by atoms with van der Waals surface area (Å²) in [4.78, 5) is 4.17. The van der Waals surface area contributed by atoms with Gasteiger partial charge in [0, 0.05) is 16.6 Å². The summed E-state index contributed by atoms with van der Waals surface area (Å²) < 4.78 is 25.4. The summed E-state index contributed by atoms with van der Waals surface area (Å²) in [6, 6.07) is 8.79. The SMILES string of the molecule is CCS(=O)(=O)Nc1ccc(NCCc2ccc(Cl)cc2Cl)nc1. The summed E-state index contributed by atoms with van der Waals surface area (Å²) in [6.07, 6.45) is 2.20. The second kappa shape index (κ2) is 7.86. The second-order valence-electron chi connectivity index (χ2n) is 4.85. The lowest BCUT2D eigenvalue weighted by molar-refractivity contribution is 0.602. The number of hydrogen-bond donors (Lipinski definition) is 2. The molecule has 0 fully saturated rings. The third-order valence-corrected chi connectivity index (χ3v) is 5.03. The maximum Gasteiger partial charge on any atom is 0.232 e. The van der Waals surface area contributed by atoms with Gasteiger partial charge >= 0.3 is 0 Å². The summed E-state index contributed by atoms with van der Waals surface area (Å²) in [5.41, 5.74) is 1.44. The Morgan fingerprint density at radius 1 is 1.17 bits per heavy atom. The Bertz CT molecular complexity index is 765. The molecule has 0 aliphatic rings. The van der Waals surface area contributed by atoms with Crippen molar-refractivity contribution in [2.24, 2.45) is 0 Å². The molecule has 0 saturated heterocycles. The second-order valence-corrected chi connectivity index (χ2v) is 7.70. The maximum atomic E-state index is 11.5. The lowest BCUT2D eigenvalue weighted by atomic mass is 10.1. The van der Waals surface area contributed by atoms with Crippen LogP contribution >= 0.6 is 23.2 Å². The molecule has 23 heavy (non-hydrogen) atoms. The number of rotatable bonds is 7. The molecule has 0 bridgehead atoms. The van der Waals surface area contributed by atoms with Gasteiger partial charge in [-0.25, -0.2) is 13.4 Å². The van der Waals surface area contributed by atoms with Crippen molar-refractivity contribution < 1.29 is 8.42 Å². The van der Waals surface area contributed by atoms with E-state index in [1.807, 2.05) is 6.07 Å². The van der Waals surface area contributed by atoms with Crippen LogP contribution in [0.5, 0.6) is 0 Å². The summed E-state index contributed by atoms with van der Waals surface area (Å²) in [6.45, 7) is 2.22. The van der Waals surface area contributed by atoms with E-state index in [0.29, 0.717) is 28.1 Å². The van der Waals surface area contributed by atoms with Crippen molar-refractivity contribution in [3.05, 3.63) is 52.1 Å². The van der Waals surface area contributed by atoms with Crippen molar-refractivity contribution in [1.82, 2.24) is 4.98 Å². The fraction of sp³-hybridized carbons (Fsp3) is 0.267. The van der Waals surface area contributed by atoms with Crippen molar-refractivity contribution in [3.63, 3.8) is 0 Å². The third-order valence-electron chi connectivity index (χ3n) is 3.13. The van der Waals surface area contributed by atoms with Gasteiger partial charge in [0.2, 0.25) is 10.0 Å². The Kier molecular flexibility index (Phi) is 6.10. The highest BCUT2D eigenvalue weighted by Crippen LogP contribution is 2.21. The van der Waals surface area contributed by atoms with Gasteiger partial charge < -0.3 is 5.32 Å². The summed E-state index contributed by atoms with van der Waals surface area (Å²) in [5, 5.41) is 4.40. The predicted molar refractivity (Wildman–Crippen MR) is 96.0 cm³/mol. The van der Waals surface area contributed by atoms with Crippen molar-refractivity contribution in [3.8, 4) is 0 Å². The molecule has 0 aliphatic heterocycles. The first-order valence-corrected chi connectivity index (χ1v) is 9.45. The van der Waals surface area contributed by atoms with E-state index < -0.39 is 10.0 Å².